The summed E-state index contributed by atoms with van der Waals surface area (Å²) in [7, 11) is 0. The van der Waals surface area contributed by atoms with E-state index in [-0.39, 0.29) is 5.92 Å². The minimum absolute atomic E-state index is 0.148. The molecule has 0 radical (unpaired) electrons. The molecular weight excluding hydrogens is 268 g/mol. The van der Waals surface area contributed by atoms with Gasteiger partial charge in [-0.2, -0.15) is 0 Å². The van der Waals surface area contributed by atoms with Crippen LogP contribution in [0.3, 0.4) is 0 Å². The molecule has 22 heavy (non-hydrogen) atoms. The summed E-state index contributed by atoms with van der Waals surface area (Å²) in [5.74, 6) is 1.21. The van der Waals surface area contributed by atoms with Gasteiger partial charge in [0.1, 0.15) is 5.78 Å². The summed E-state index contributed by atoms with van der Waals surface area (Å²) in [6.07, 6.45) is 21.0. The Labute approximate surface area is 139 Å². The van der Waals surface area contributed by atoms with Crippen molar-refractivity contribution >= 4 is 5.78 Å². The summed E-state index contributed by atoms with van der Waals surface area (Å²) >= 11 is 0. The third kappa shape index (κ3) is 8.15. The third-order valence-corrected chi connectivity index (χ3v) is 5.31. The zero-order valence-electron chi connectivity index (χ0n) is 15.0. The number of rotatable bonds is 13. The normalized spacial score (nSPS) is 17.3. The lowest BCUT2D eigenvalue weighted by molar-refractivity contribution is -0.123. The number of carbonyl (C=O) groups excluding carboxylic acids is 1. The van der Waals surface area contributed by atoms with Crippen molar-refractivity contribution in [2.45, 2.75) is 103 Å². The number of hydrogen-bond donors (Lipinski definition) is 0. The van der Waals surface area contributed by atoms with Gasteiger partial charge in [0.15, 0.2) is 0 Å². The van der Waals surface area contributed by atoms with Crippen LogP contribution in [-0.4, -0.2) is 5.78 Å². The molecular formula is C21H38O. The highest BCUT2D eigenvalue weighted by Gasteiger charge is 2.26. The van der Waals surface area contributed by atoms with Crippen LogP contribution in [0.5, 0.6) is 0 Å². The van der Waals surface area contributed by atoms with Gasteiger partial charge in [-0.25, -0.2) is 0 Å². The van der Waals surface area contributed by atoms with Crippen LogP contribution in [0.15, 0.2) is 12.7 Å². The summed E-state index contributed by atoms with van der Waals surface area (Å²) in [6.45, 7) is 6.19. The van der Waals surface area contributed by atoms with E-state index in [1.807, 2.05) is 6.08 Å². The van der Waals surface area contributed by atoms with Crippen molar-refractivity contribution in [2.24, 2.45) is 11.8 Å². The Morgan fingerprint density at radius 3 is 2.05 bits per heavy atom. The van der Waals surface area contributed by atoms with Crippen molar-refractivity contribution in [1.82, 2.24) is 0 Å². The molecule has 1 atom stereocenters. The Bertz CT molecular complexity index is 288. The van der Waals surface area contributed by atoms with Gasteiger partial charge < -0.3 is 0 Å². The average molecular weight is 307 g/mol. The van der Waals surface area contributed by atoms with Crippen LogP contribution in [0.2, 0.25) is 0 Å². The highest BCUT2D eigenvalue weighted by atomic mass is 16.1. The smallest absolute Gasteiger partial charge is 0.139 e. The molecule has 1 rings (SSSR count). The van der Waals surface area contributed by atoms with Crippen molar-refractivity contribution in [2.75, 3.05) is 0 Å². The maximum absolute atomic E-state index is 12.4. The van der Waals surface area contributed by atoms with Gasteiger partial charge in [0.25, 0.3) is 0 Å². The molecule has 1 heteroatoms. The van der Waals surface area contributed by atoms with E-state index < -0.39 is 0 Å². The van der Waals surface area contributed by atoms with E-state index >= 15 is 0 Å². The molecule has 0 amide bonds. The Morgan fingerprint density at radius 2 is 1.50 bits per heavy atom. The molecule has 0 aromatic heterocycles. The number of carbonyl (C=O) groups is 1. The lowest BCUT2D eigenvalue weighted by Gasteiger charge is -2.27. The van der Waals surface area contributed by atoms with Gasteiger partial charge in [-0.1, -0.05) is 83.6 Å². The van der Waals surface area contributed by atoms with Crippen LogP contribution >= 0.6 is 0 Å². The van der Waals surface area contributed by atoms with E-state index in [9.17, 15) is 4.79 Å². The molecule has 1 aliphatic rings. The number of ketones is 1. The fraction of sp³-hybridized carbons (Fsp3) is 0.857. The second-order valence-corrected chi connectivity index (χ2v) is 7.20. The fourth-order valence-corrected chi connectivity index (χ4v) is 3.86. The first-order valence-electron chi connectivity index (χ1n) is 9.94. The van der Waals surface area contributed by atoms with Gasteiger partial charge in [0, 0.05) is 12.3 Å². The predicted molar refractivity (Wildman–Crippen MR) is 97.1 cm³/mol. The van der Waals surface area contributed by atoms with Gasteiger partial charge >= 0.3 is 0 Å². The number of unbranched alkanes of at least 4 members (excludes halogenated alkanes) is 8. The molecule has 128 valence electrons. The molecule has 0 spiro atoms. The van der Waals surface area contributed by atoms with Crippen LogP contribution in [0, 0.1) is 11.8 Å². The maximum atomic E-state index is 12.4. The quantitative estimate of drug-likeness (QED) is 0.268. The van der Waals surface area contributed by atoms with Gasteiger partial charge in [-0.15, -0.1) is 6.58 Å². The van der Waals surface area contributed by atoms with E-state index in [2.05, 4.69) is 13.5 Å². The van der Waals surface area contributed by atoms with Crippen molar-refractivity contribution in [3.63, 3.8) is 0 Å². The van der Waals surface area contributed by atoms with Crippen LogP contribution in [0.25, 0.3) is 0 Å². The Kier molecular flexibility index (Phi) is 11.4. The molecule has 0 heterocycles. The Balaban J connectivity index is 2.05. The van der Waals surface area contributed by atoms with E-state index in [1.165, 1.54) is 83.5 Å². The molecule has 0 N–H and O–H groups in total. The minimum atomic E-state index is 0.148. The summed E-state index contributed by atoms with van der Waals surface area (Å²) in [5.41, 5.74) is 0. The second-order valence-electron chi connectivity index (χ2n) is 7.20. The first kappa shape index (κ1) is 19.5. The lowest BCUT2D eigenvalue weighted by atomic mass is 9.77. The van der Waals surface area contributed by atoms with Gasteiger partial charge in [-0.3, -0.25) is 4.79 Å². The number of allylic oxidation sites excluding steroid dienone is 1. The van der Waals surface area contributed by atoms with Crippen molar-refractivity contribution in [1.29, 1.82) is 0 Å². The summed E-state index contributed by atoms with van der Waals surface area (Å²) in [4.78, 5) is 12.4. The van der Waals surface area contributed by atoms with Crippen LogP contribution in [0.4, 0.5) is 0 Å². The monoisotopic (exact) mass is 306 g/mol. The minimum Gasteiger partial charge on any atom is -0.299 e. The molecule has 1 fully saturated rings. The van der Waals surface area contributed by atoms with Gasteiger partial charge in [0.05, 0.1) is 0 Å². The zero-order valence-corrected chi connectivity index (χ0v) is 15.0. The van der Waals surface area contributed by atoms with Gasteiger partial charge in [0.2, 0.25) is 0 Å². The summed E-state index contributed by atoms with van der Waals surface area (Å²) < 4.78 is 0. The molecule has 1 saturated carbocycles. The lowest BCUT2D eigenvalue weighted by Crippen LogP contribution is -2.23. The van der Waals surface area contributed by atoms with Crippen LogP contribution in [0.1, 0.15) is 103 Å². The number of hydrogen-bond acceptors (Lipinski definition) is 1. The highest BCUT2D eigenvalue weighted by Crippen LogP contribution is 2.32. The molecule has 0 saturated heterocycles. The van der Waals surface area contributed by atoms with E-state index in [1.54, 1.807) is 0 Å². The zero-order chi connectivity index (χ0) is 16.0. The predicted octanol–water partition coefficient (Wildman–Crippen LogP) is 6.86. The first-order valence-corrected chi connectivity index (χ1v) is 9.94. The summed E-state index contributed by atoms with van der Waals surface area (Å²) in [6, 6.07) is 0. The summed E-state index contributed by atoms with van der Waals surface area (Å²) in [5, 5.41) is 0. The van der Waals surface area contributed by atoms with E-state index in [0.717, 1.165) is 12.8 Å². The molecule has 0 aliphatic heterocycles. The molecule has 1 nitrogen and oxygen atoms in total. The largest absolute Gasteiger partial charge is 0.299 e. The van der Waals surface area contributed by atoms with Crippen LogP contribution < -0.4 is 0 Å². The van der Waals surface area contributed by atoms with Gasteiger partial charge in [-0.05, 0) is 25.2 Å². The molecule has 0 aromatic rings. The van der Waals surface area contributed by atoms with Crippen LogP contribution in [-0.2, 0) is 4.79 Å². The van der Waals surface area contributed by atoms with E-state index in [0.29, 0.717) is 11.7 Å². The molecule has 1 unspecified atom stereocenters. The van der Waals surface area contributed by atoms with E-state index in [4.69, 9.17) is 0 Å². The molecule has 0 aromatic carbocycles. The Morgan fingerprint density at radius 1 is 0.955 bits per heavy atom. The van der Waals surface area contributed by atoms with Crippen molar-refractivity contribution in [3.8, 4) is 0 Å². The number of Topliss-reactive ketones (excluding diaryl/α,β-unsaturated/α-hetero) is 1. The standard InChI is InChI=1S/C21H38O/c1-3-5-6-7-8-9-10-11-15-18-21(22)20(4-2)19-16-13-12-14-17-19/h4,19-20H,2-3,5-18H2,1H3. The van der Waals surface area contributed by atoms with Crippen molar-refractivity contribution < 1.29 is 4.79 Å². The third-order valence-electron chi connectivity index (χ3n) is 5.31. The Hall–Kier alpha value is -0.590. The fourth-order valence-electron chi connectivity index (χ4n) is 3.86. The molecule has 1 aliphatic carbocycles. The highest BCUT2D eigenvalue weighted by molar-refractivity contribution is 5.82. The van der Waals surface area contributed by atoms with Crippen molar-refractivity contribution in [3.05, 3.63) is 12.7 Å². The topological polar surface area (TPSA) is 17.1 Å². The maximum Gasteiger partial charge on any atom is 0.139 e. The second kappa shape index (κ2) is 12.9. The average Bonchev–Trinajstić information content (AvgIpc) is 2.55. The molecule has 0 bridgehead atoms. The SMILES string of the molecule is C=CC(C(=O)CCCCCCCCCCC)C1CCCCC1. The first-order chi connectivity index (χ1) is 10.8.